The number of rotatable bonds is 3. The number of para-hydroxylation sites is 1. The van der Waals surface area contributed by atoms with Gasteiger partial charge in [-0.25, -0.2) is 4.68 Å². The van der Waals surface area contributed by atoms with Gasteiger partial charge in [0.25, 0.3) is 0 Å². The van der Waals surface area contributed by atoms with Gasteiger partial charge in [-0.1, -0.05) is 37.5 Å². The molecule has 1 aromatic carbocycles. The van der Waals surface area contributed by atoms with E-state index >= 15 is 0 Å². The summed E-state index contributed by atoms with van der Waals surface area (Å²) in [7, 11) is 0. The zero-order valence-corrected chi connectivity index (χ0v) is 12.0. The Labute approximate surface area is 120 Å². The van der Waals surface area contributed by atoms with Crippen molar-refractivity contribution in [2.24, 2.45) is 5.92 Å². The number of hydrogen-bond acceptors (Lipinski definition) is 2. The molecule has 3 nitrogen and oxygen atoms in total. The molecule has 1 aliphatic carbocycles. The number of aliphatic hydroxyl groups excluding tert-OH is 1. The highest BCUT2D eigenvalue weighted by Gasteiger charge is 2.25. The summed E-state index contributed by atoms with van der Waals surface area (Å²) in [5.41, 5.74) is 2.96. The Bertz CT molecular complexity index is 556. The minimum atomic E-state index is -0.368. The maximum Gasteiger partial charge on any atom is 0.0851 e. The van der Waals surface area contributed by atoms with E-state index in [1.807, 2.05) is 48.1 Å². The van der Waals surface area contributed by atoms with E-state index in [1.54, 1.807) is 0 Å². The predicted octanol–water partition coefficient (Wildman–Crippen LogP) is 3.79. The molecule has 3 heteroatoms. The second-order valence-electron chi connectivity index (χ2n) is 5.79. The largest absolute Gasteiger partial charge is 0.388 e. The molecule has 106 valence electrons. The van der Waals surface area contributed by atoms with E-state index in [0.717, 1.165) is 29.8 Å². The van der Waals surface area contributed by atoms with Gasteiger partial charge in [-0.05, 0) is 37.8 Å². The Morgan fingerprint density at radius 3 is 2.55 bits per heavy atom. The predicted molar refractivity (Wildman–Crippen MR) is 79.8 cm³/mol. The molecule has 0 spiro atoms. The van der Waals surface area contributed by atoms with E-state index in [0.29, 0.717) is 5.92 Å². The lowest BCUT2D eigenvalue weighted by Gasteiger charge is -2.26. The molecule has 1 heterocycles. The van der Waals surface area contributed by atoms with E-state index < -0.39 is 0 Å². The van der Waals surface area contributed by atoms with Crippen molar-refractivity contribution in [3.8, 4) is 5.69 Å². The lowest BCUT2D eigenvalue weighted by Crippen LogP contribution is -2.16. The van der Waals surface area contributed by atoms with Crippen LogP contribution in [0.15, 0.2) is 36.5 Å². The van der Waals surface area contributed by atoms with E-state index in [2.05, 4.69) is 5.10 Å². The first-order chi connectivity index (χ1) is 9.75. The second kappa shape index (κ2) is 5.80. The van der Waals surface area contributed by atoms with Crippen LogP contribution < -0.4 is 0 Å². The quantitative estimate of drug-likeness (QED) is 0.921. The SMILES string of the molecule is Cc1nn(-c2ccccc2)cc1C(O)C1CCCCC1. The number of nitrogens with zero attached hydrogens (tertiary/aromatic N) is 2. The summed E-state index contributed by atoms with van der Waals surface area (Å²) in [5, 5.41) is 15.2. The summed E-state index contributed by atoms with van der Waals surface area (Å²) in [6, 6.07) is 10.1. The maximum absolute atomic E-state index is 10.6. The molecule has 1 atom stereocenters. The van der Waals surface area contributed by atoms with Crippen LogP contribution in [0.5, 0.6) is 0 Å². The van der Waals surface area contributed by atoms with Gasteiger partial charge in [0.1, 0.15) is 0 Å². The Morgan fingerprint density at radius 1 is 1.15 bits per heavy atom. The summed E-state index contributed by atoms with van der Waals surface area (Å²) in [6.45, 7) is 1.99. The highest BCUT2D eigenvalue weighted by Crippen LogP contribution is 2.35. The van der Waals surface area contributed by atoms with Gasteiger partial charge in [-0.3, -0.25) is 0 Å². The molecule has 1 fully saturated rings. The van der Waals surface area contributed by atoms with Gasteiger partial charge in [0.15, 0.2) is 0 Å². The van der Waals surface area contributed by atoms with Crippen molar-refractivity contribution < 1.29 is 5.11 Å². The molecule has 1 unspecified atom stereocenters. The van der Waals surface area contributed by atoms with Crippen LogP contribution in [0.3, 0.4) is 0 Å². The molecule has 0 aliphatic heterocycles. The highest BCUT2D eigenvalue weighted by molar-refractivity contribution is 5.33. The number of hydrogen-bond donors (Lipinski definition) is 1. The number of aryl methyl sites for hydroxylation is 1. The zero-order valence-electron chi connectivity index (χ0n) is 12.0. The number of aromatic nitrogens is 2. The fourth-order valence-electron chi connectivity index (χ4n) is 3.18. The molecule has 1 aromatic heterocycles. The molecule has 2 aromatic rings. The summed E-state index contributed by atoms with van der Waals surface area (Å²) in [4.78, 5) is 0. The molecule has 1 saturated carbocycles. The zero-order chi connectivity index (χ0) is 13.9. The third kappa shape index (κ3) is 2.63. The smallest absolute Gasteiger partial charge is 0.0851 e. The summed E-state index contributed by atoms with van der Waals surface area (Å²) in [5.74, 6) is 0.399. The molecule has 0 radical (unpaired) electrons. The van der Waals surface area contributed by atoms with Crippen molar-refractivity contribution in [1.82, 2.24) is 9.78 Å². The van der Waals surface area contributed by atoms with Crippen LogP contribution >= 0.6 is 0 Å². The van der Waals surface area contributed by atoms with E-state index in [9.17, 15) is 5.11 Å². The Balaban J connectivity index is 1.85. The summed E-state index contributed by atoms with van der Waals surface area (Å²) < 4.78 is 1.87. The van der Waals surface area contributed by atoms with Gasteiger partial charge in [-0.2, -0.15) is 5.10 Å². The van der Waals surface area contributed by atoms with Crippen molar-refractivity contribution in [2.75, 3.05) is 0 Å². The van der Waals surface area contributed by atoms with Crippen LogP contribution in [0.25, 0.3) is 5.69 Å². The molecular formula is C17H22N2O. The number of aliphatic hydroxyl groups is 1. The minimum absolute atomic E-state index is 0.368. The molecule has 3 rings (SSSR count). The van der Waals surface area contributed by atoms with Crippen LogP contribution in [-0.2, 0) is 0 Å². The van der Waals surface area contributed by atoms with E-state index in [1.165, 1.54) is 19.3 Å². The molecule has 0 amide bonds. The number of benzene rings is 1. The average molecular weight is 270 g/mol. The first-order valence-electron chi connectivity index (χ1n) is 7.55. The monoisotopic (exact) mass is 270 g/mol. The third-order valence-electron chi connectivity index (χ3n) is 4.37. The summed E-state index contributed by atoms with van der Waals surface area (Å²) in [6.07, 6.45) is 7.69. The van der Waals surface area contributed by atoms with Gasteiger partial charge in [-0.15, -0.1) is 0 Å². The van der Waals surface area contributed by atoms with Crippen LogP contribution in [-0.4, -0.2) is 14.9 Å². The van der Waals surface area contributed by atoms with Crippen molar-refractivity contribution in [2.45, 2.75) is 45.1 Å². The van der Waals surface area contributed by atoms with E-state index in [4.69, 9.17) is 0 Å². The minimum Gasteiger partial charge on any atom is -0.388 e. The molecule has 0 bridgehead atoms. The topological polar surface area (TPSA) is 38.0 Å². The van der Waals surface area contributed by atoms with Gasteiger partial charge in [0.2, 0.25) is 0 Å². The third-order valence-corrected chi connectivity index (χ3v) is 4.37. The molecule has 20 heavy (non-hydrogen) atoms. The van der Waals surface area contributed by atoms with Crippen LogP contribution in [0, 0.1) is 12.8 Å². The lowest BCUT2D eigenvalue weighted by molar-refractivity contribution is 0.0843. The lowest BCUT2D eigenvalue weighted by atomic mass is 9.83. The normalized spacial score (nSPS) is 18.1. The van der Waals surface area contributed by atoms with E-state index in [-0.39, 0.29) is 6.10 Å². The fraction of sp³-hybridized carbons (Fsp3) is 0.471. The second-order valence-corrected chi connectivity index (χ2v) is 5.79. The van der Waals surface area contributed by atoms with Crippen LogP contribution in [0.4, 0.5) is 0 Å². The van der Waals surface area contributed by atoms with Crippen molar-refractivity contribution in [3.63, 3.8) is 0 Å². The van der Waals surface area contributed by atoms with Gasteiger partial charge >= 0.3 is 0 Å². The average Bonchev–Trinajstić information content (AvgIpc) is 2.90. The first-order valence-corrected chi connectivity index (χ1v) is 7.55. The van der Waals surface area contributed by atoms with Crippen molar-refractivity contribution in [3.05, 3.63) is 47.8 Å². The standard InChI is InChI=1S/C17H22N2O/c1-13-16(17(20)14-8-4-2-5-9-14)12-19(18-13)15-10-6-3-7-11-15/h3,6-7,10-12,14,17,20H,2,4-5,8-9H2,1H3. The van der Waals surface area contributed by atoms with Crippen LogP contribution in [0.2, 0.25) is 0 Å². The van der Waals surface area contributed by atoms with Gasteiger partial charge < -0.3 is 5.11 Å². The Morgan fingerprint density at radius 2 is 1.85 bits per heavy atom. The molecule has 1 aliphatic rings. The highest BCUT2D eigenvalue weighted by atomic mass is 16.3. The van der Waals surface area contributed by atoms with Crippen molar-refractivity contribution in [1.29, 1.82) is 0 Å². The molecule has 0 saturated heterocycles. The fourth-order valence-corrected chi connectivity index (χ4v) is 3.18. The maximum atomic E-state index is 10.6. The van der Waals surface area contributed by atoms with Gasteiger partial charge in [0.05, 0.1) is 17.5 Å². The summed E-state index contributed by atoms with van der Waals surface area (Å²) >= 11 is 0. The van der Waals surface area contributed by atoms with Crippen LogP contribution in [0.1, 0.15) is 49.5 Å². The molecular weight excluding hydrogens is 248 g/mol. The van der Waals surface area contributed by atoms with Crippen molar-refractivity contribution >= 4 is 0 Å². The van der Waals surface area contributed by atoms with Gasteiger partial charge in [0, 0.05) is 11.8 Å². The first kappa shape index (κ1) is 13.4. The Kier molecular flexibility index (Phi) is 3.88. The molecule has 1 N–H and O–H groups in total. The Hall–Kier alpha value is -1.61.